The van der Waals surface area contributed by atoms with E-state index in [4.69, 9.17) is 4.42 Å². The second-order valence-electron chi connectivity index (χ2n) is 6.16. The lowest BCUT2D eigenvalue weighted by Gasteiger charge is -2.20. The maximum absolute atomic E-state index is 12.4. The molecule has 116 valence electrons. The summed E-state index contributed by atoms with van der Waals surface area (Å²) in [5, 5.41) is 10.9. The van der Waals surface area contributed by atoms with Crippen molar-refractivity contribution in [2.45, 2.75) is 44.7 Å². The Morgan fingerprint density at radius 1 is 1.50 bits per heavy atom. The van der Waals surface area contributed by atoms with Gasteiger partial charge in [0.25, 0.3) is 0 Å². The van der Waals surface area contributed by atoms with Gasteiger partial charge in [-0.05, 0) is 37.3 Å². The van der Waals surface area contributed by atoms with Gasteiger partial charge in [-0.3, -0.25) is 5.32 Å². The fourth-order valence-corrected chi connectivity index (χ4v) is 3.14. The van der Waals surface area contributed by atoms with Crippen molar-refractivity contribution in [1.82, 2.24) is 15.1 Å². The molecule has 2 aliphatic rings. The number of hydrogen-bond donors (Lipinski definition) is 1. The van der Waals surface area contributed by atoms with E-state index in [1.54, 1.807) is 5.51 Å². The molecule has 2 aromatic rings. The number of aromatic nitrogens is 2. The smallest absolute Gasteiger partial charge is 0.324 e. The molecule has 0 aromatic carbocycles. The molecule has 0 radical (unpaired) electrons. The average molecular weight is 318 g/mol. The van der Waals surface area contributed by atoms with Gasteiger partial charge in [-0.2, -0.15) is 0 Å². The standard InChI is InChI=1S/C15H18N4O2S/c1-9-6-12(9)13-5-4-11(21-13)7-19(10-2-3-10)15(20)17-14-18-16-8-22-14/h4-5,8-10,12H,2-3,6-7H2,1H3,(H,17,18,20)/t9-,12+/m1/s1. The number of carbonyl (C=O) groups is 1. The first-order chi connectivity index (χ1) is 10.7. The van der Waals surface area contributed by atoms with Crippen LogP contribution in [0.15, 0.2) is 22.1 Å². The molecular weight excluding hydrogens is 300 g/mol. The molecule has 0 unspecified atom stereocenters. The Hall–Kier alpha value is -1.89. The highest BCUT2D eigenvalue weighted by atomic mass is 32.1. The molecule has 0 saturated heterocycles. The van der Waals surface area contributed by atoms with Crippen molar-refractivity contribution in [3.05, 3.63) is 29.2 Å². The van der Waals surface area contributed by atoms with Gasteiger partial charge in [-0.15, -0.1) is 10.2 Å². The van der Waals surface area contributed by atoms with E-state index in [-0.39, 0.29) is 6.03 Å². The van der Waals surface area contributed by atoms with Crippen LogP contribution in [-0.2, 0) is 6.54 Å². The molecule has 2 atom stereocenters. The van der Waals surface area contributed by atoms with Crippen LogP contribution in [-0.4, -0.2) is 27.2 Å². The third-order valence-electron chi connectivity index (χ3n) is 4.31. The summed E-state index contributed by atoms with van der Waals surface area (Å²) in [4.78, 5) is 14.2. The predicted octanol–water partition coefficient (Wildman–Crippen LogP) is 3.45. The molecule has 2 heterocycles. The fraction of sp³-hybridized carbons (Fsp3) is 0.533. The maximum Gasteiger partial charge on any atom is 0.324 e. The van der Waals surface area contributed by atoms with Crippen LogP contribution in [0.1, 0.15) is 43.6 Å². The van der Waals surface area contributed by atoms with Crippen LogP contribution in [0.2, 0.25) is 0 Å². The maximum atomic E-state index is 12.4. The van der Waals surface area contributed by atoms with Gasteiger partial charge in [0.15, 0.2) is 0 Å². The third-order valence-corrected chi connectivity index (χ3v) is 4.91. The zero-order valence-electron chi connectivity index (χ0n) is 12.4. The van der Waals surface area contributed by atoms with Crippen molar-refractivity contribution >= 4 is 22.5 Å². The molecular formula is C15H18N4O2S. The Balaban J connectivity index is 1.43. The summed E-state index contributed by atoms with van der Waals surface area (Å²) in [6, 6.07) is 4.23. The number of urea groups is 1. The quantitative estimate of drug-likeness (QED) is 0.916. The van der Waals surface area contributed by atoms with E-state index in [9.17, 15) is 4.79 Å². The van der Waals surface area contributed by atoms with Crippen molar-refractivity contribution in [2.24, 2.45) is 5.92 Å². The Kier molecular flexibility index (Phi) is 3.37. The number of amides is 2. The van der Waals surface area contributed by atoms with Crippen molar-refractivity contribution in [2.75, 3.05) is 5.32 Å². The van der Waals surface area contributed by atoms with Gasteiger partial charge in [-0.1, -0.05) is 18.3 Å². The van der Waals surface area contributed by atoms with Crippen molar-refractivity contribution in [1.29, 1.82) is 0 Å². The summed E-state index contributed by atoms with van der Waals surface area (Å²) < 4.78 is 5.92. The normalized spacial score (nSPS) is 23.3. The lowest BCUT2D eigenvalue weighted by Crippen LogP contribution is -2.36. The molecule has 2 fully saturated rings. The van der Waals surface area contributed by atoms with Crippen LogP contribution < -0.4 is 5.32 Å². The van der Waals surface area contributed by atoms with E-state index < -0.39 is 0 Å². The molecule has 0 aliphatic heterocycles. The van der Waals surface area contributed by atoms with Gasteiger partial charge < -0.3 is 9.32 Å². The minimum absolute atomic E-state index is 0.128. The van der Waals surface area contributed by atoms with E-state index >= 15 is 0 Å². The lowest BCUT2D eigenvalue weighted by molar-refractivity contribution is 0.200. The molecule has 2 saturated carbocycles. The highest BCUT2D eigenvalue weighted by molar-refractivity contribution is 7.13. The molecule has 2 aliphatic carbocycles. The molecule has 2 amide bonds. The molecule has 7 heteroatoms. The molecule has 6 nitrogen and oxygen atoms in total. The molecule has 0 spiro atoms. The lowest BCUT2D eigenvalue weighted by atomic mass is 10.3. The van der Waals surface area contributed by atoms with Gasteiger partial charge in [0.1, 0.15) is 17.0 Å². The number of anilines is 1. The summed E-state index contributed by atoms with van der Waals surface area (Å²) in [5.41, 5.74) is 1.60. The summed E-state index contributed by atoms with van der Waals surface area (Å²) >= 11 is 1.32. The topological polar surface area (TPSA) is 71.3 Å². The Bertz CT molecular complexity index is 665. The van der Waals surface area contributed by atoms with E-state index in [0.717, 1.165) is 30.3 Å². The SMILES string of the molecule is C[C@@H]1C[C@@H]1c1ccc(CN(C(=O)Nc2nncs2)C2CC2)o1. The molecule has 1 N–H and O–H groups in total. The van der Waals surface area contributed by atoms with Crippen LogP contribution in [0.5, 0.6) is 0 Å². The van der Waals surface area contributed by atoms with Crippen molar-refractivity contribution < 1.29 is 9.21 Å². The van der Waals surface area contributed by atoms with Crippen LogP contribution in [0.25, 0.3) is 0 Å². The first-order valence-electron chi connectivity index (χ1n) is 7.63. The highest BCUT2D eigenvalue weighted by Gasteiger charge is 2.37. The number of nitrogens with one attached hydrogen (secondary N) is 1. The summed E-state index contributed by atoms with van der Waals surface area (Å²) in [6.07, 6.45) is 3.31. The molecule has 4 rings (SSSR count). The first kappa shape index (κ1) is 13.8. The fourth-order valence-electron chi connectivity index (χ4n) is 2.71. The Labute approximate surface area is 132 Å². The molecule has 2 aromatic heterocycles. The largest absolute Gasteiger partial charge is 0.464 e. The second-order valence-corrected chi connectivity index (χ2v) is 6.99. The summed E-state index contributed by atoms with van der Waals surface area (Å²) in [7, 11) is 0. The second kappa shape index (κ2) is 5.39. The average Bonchev–Trinajstić information content (AvgIpc) is 3.36. The third kappa shape index (κ3) is 2.85. The van der Waals surface area contributed by atoms with Gasteiger partial charge in [0.05, 0.1) is 6.54 Å². The van der Waals surface area contributed by atoms with E-state index in [1.165, 1.54) is 17.8 Å². The van der Waals surface area contributed by atoms with Crippen LogP contribution >= 0.6 is 11.3 Å². The highest BCUT2D eigenvalue weighted by Crippen LogP contribution is 2.47. The van der Waals surface area contributed by atoms with Gasteiger partial charge >= 0.3 is 6.03 Å². The van der Waals surface area contributed by atoms with Crippen molar-refractivity contribution in [3.63, 3.8) is 0 Å². The van der Waals surface area contributed by atoms with Crippen molar-refractivity contribution in [3.8, 4) is 0 Å². The zero-order chi connectivity index (χ0) is 15.1. The molecule has 22 heavy (non-hydrogen) atoms. The predicted molar refractivity (Wildman–Crippen MR) is 82.7 cm³/mol. The van der Waals surface area contributed by atoms with Gasteiger partial charge in [0.2, 0.25) is 5.13 Å². The van der Waals surface area contributed by atoms with E-state index in [1.807, 2.05) is 11.0 Å². The zero-order valence-corrected chi connectivity index (χ0v) is 13.2. The minimum atomic E-state index is -0.128. The van der Waals surface area contributed by atoms with E-state index in [0.29, 0.717) is 23.6 Å². The number of furan rings is 1. The number of nitrogens with zero attached hydrogens (tertiary/aromatic N) is 3. The van der Waals surface area contributed by atoms with Gasteiger partial charge in [-0.25, -0.2) is 4.79 Å². The Morgan fingerprint density at radius 2 is 2.32 bits per heavy atom. The minimum Gasteiger partial charge on any atom is -0.464 e. The summed E-state index contributed by atoms with van der Waals surface area (Å²) in [6.45, 7) is 2.75. The van der Waals surface area contributed by atoms with E-state index in [2.05, 4.69) is 28.5 Å². The number of hydrogen-bond acceptors (Lipinski definition) is 5. The van der Waals surface area contributed by atoms with Crippen LogP contribution in [0.4, 0.5) is 9.93 Å². The summed E-state index contributed by atoms with van der Waals surface area (Å²) in [5.74, 6) is 3.20. The van der Waals surface area contributed by atoms with Crippen LogP contribution in [0.3, 0.4) is 0 Å². The number of rotatable bonds is 5. The monoisotopic (exact) mass is 318 g/mol. The molecule has 0 bridgehead atoms. The van der Waals surface area contributed by atoms with Crippen LogP contribution in [0, 0.1) is 5.92 Å². The number of carbonyl (C=O) groups excluding carboxylic acids is 1. The van der Waals surface area contributed by atoms with Gasteiger partial charge in [0, 0.05) is 12.0 Å². The Morgan fingerprint density at radius 3 is 2.95 bits per heavy atom. The first-order valence-corrected chi connectivity index (χ1v) is 8.51.